The molecule has 0 saturated carbocycles. The van der Waals surface area contributed by atoms with Gasteiger partial charge in [-0.25, -0.2) is 9.59 Å². The smallest absolute Gasteiger partial charge is 0.408 e. The molecule has 1 atom stereocenters. The molecule has 6 heteroatoms. The summed E-state index contributed by atoms with van der Waals surface area (Å²) in [6.45, 7) is 7.43. The standard InChI is InChI=1S/C18H24BrNO4/c1-5-23-16(21)11-10-15(20-17(22)24-18(2,3)4)12-13-6-8-14(19)9-7-13/h6-11,15H,5,12H2,1-4H3,(H,20,22)/b11-10+. The van der Waals surface area contributed by atoms with Crippen molar-refractivity contribution in [3.05, 3.63) is 46.5 Å². The summed E-state index contributed by atoms with van der Waals surface area (Å²) < 4.78 is 11.1. The molecule has 1 aromatic rings. The molecule has 0 aliphatic heterocycles. The summed E-state index contributed by atoms with van der Waals surface area (Å²) in [6, 6.07) is 7.37. The number of amides is 1. The largest absolute Gasteiger partial charge is 0.463 e. The number of ether oxygens (including phenoxy) is 2. The number of alkyl carbamates (subject to hydrolysis) is 1. The number of esters is 1. The first-order chi connectivity index (χ1) is 11.2. The zero-order valence-electron chi connectivity index (χ0n) is 14.5. The van der Waals surface area contributed by atoms with Gasteiger partial charge in [0.25, 0.3) is 0 Å². The van der Waals surface area contributed by atoms with E-state index in [1.165, 1.54) is 6.08 Å². The molecule has 0 bridgehead atoms. The van der Waals surface area contributed by atoms with Crippen LogP contribution in [0.15, 0.2) is 40.9 Å². The number of carbonyl (C=O) groups is 2. The van der Waals surface area contributed by atoms with Crippen LogP contribution >= 0.6 is 15.9 Å². The second-order valence-corrected chi connectivity index (χ2v) is 7.11. The third kappa shape index (κ3) is 8.72. The minimum Gasteiger partial charge on any atom is -0.463 e. The summed E-state index contributed by atoms with van der Waals surface area (Å²) in [4.78, 5) is 23.5. The van der Waals surface area contributed by atoms with Crippen molar-refractivity contribution in [3.63, 3.8) is 0 Å². The van der Waals surface area contributed by atoms with E-state index >= 15 is 0 Å². The highest BCUT2D eigenvalue weighted by Crippen LogP contribution is 2.13. The molecule has 1 unspecified atom stereocenters. The SMILES string of the molecule is CCOC(=O)/C=C/C(Cc1ccc(Br)cc1)NC(=O)OC(C)(C)C. The monoisotopic (exact) mass is 397 g/mol. The molecule has 1 N–H and O–H groups in total. The van der Waals surface area contributed by atoms with E-state index < -0.39 is 17.7 Å². The number of halogens is 1. The van der Waals surface area contributed by atoms with Gasteiger partial charge in [0, 0.05) is 10.5 Å². The lowest BCUT2D eigenvalue weighted by molar-refractivity contribution is -0.137. The number of carbonyl (C=O) groups excluding carboxylic acids is 2. The topological polar surface area (TPSA) is 64.6 Å². The number of benzene rings is 1. The van der Waals surface area contributed by atoms with Crippen LogP contribution in [0.25, 0.3) is 0 Å². The van der Waals surface area contributed by atoms with Crippen LogP contribution in [0.3, 0.4) is 0 Å². The third-order valence-corrected chi connectivity index (χ3v) is 3.35. The zero-order valence-corrected chi connectivity index (χ0v) is 16.1. The van der Waals surface area contributed by atoms with Crippen LogP contribution < -0.4 is 5.32 Å². The van der Waals surface area contributed by atoms with Crippen LogP contribution in [-0.2, 0) is 20.7 Å². The molecule has 0 aromatic heterocycles. The van der Waals surface area contributed by atoms with Gasteiger partial charge in [-0.3, -0.25) is 0 Å². The highest BCUT2D eigenvalue weighted by atomic mass is 79.9. The number of nitrogens with one attached hydrogen (secondary N) is 1. The molecular formula is C18H24BrNO4. The molecule has 0 radical (unpaired) electrons. The molecule has 0 aliphatic carbocycles. The summed E-state index contributed by atoms with van der Waals surface area (Å²) in [5.41, 5.74) is 0.435. The van der Waals surface area contributed by atoms with Crippen molar-refractivity contribution in [1.29, 1.82) is 0 Å². The van der Waals surface area contributed by atoms with E-state index in [-0.39, 0.29) is 6.04 Å². The zero-order chi connectivity index (χ0) is 18.2. The van der Waals surface area contributed by atoms with Gasteiger partial charge < -0.3 is 14.8 Å². The lowest BCUT2D eigenvalue weighted by atomic mass is 10.1. The first kappa shape index (κ1) is 20.2. The van der Waals surface area contributed by atoms with Gasteiger partial charge in [0.15, 0.2) is 0 Å². The van der Waals surface area contributed by atoms with Gasteiger partial charge in [-0.05, 0) is 51.8 Å². The Balaban J connectivity index is 2.80. The molecule has 24 heavy (non-hydrogen) atoms. The van der Waals surface area contributed by atoms with Gasteiger partial charge in [0.2, 0.25) is 0 Å². The average Bonchev–Trinajstić information content (AvgIpc) is 2.45. The van der Waals surface area contributed by atoms with Crippen LogP contribution in [-0.4, -0.2) is 30.3 Å². The quantitative estimate of drug-likeness (QED) is 0.581. The van der Waals surface area contributed by atoms with Gasteiger partial charge in [-0.1, -0.05) is 34.1 Å². The first-order valence-electron chi connectivity index (χ1n) is 7.78. The molecule has 0 heterocycles. The Labute approximate surface area is 151 Å². The predicted octanol–water partition coefficient (Wildman–Crippen LogP) is 4.00. The van der Waals surface area contributed by atoms with Gasteiger partial charge >= 0.3 is 12.1 Å². The van der Waals surface area contributed by atoms with Crippen molar-refractivity contribution < 1.29 is 19.1 Å². The minimum atomic E-state index is -0.586. The van der Waals surface area contributed by atoms with Gasteiger partial charge in [0.05, 0.1) is 12.6 Å². The maximum Gasteiger partial charge on any atom is 0.408 e. The molecule has 0 spiro atoms. The fraction of sp³-hybridized carbons (Fsp3) is 0.444. The van der Waals surface area contributed by atoms with Crippen molar-refractivity contribution in [2.24, 2.45) is 0 Å². The molecule has 1 aromatic carbocycles. The Kier molecular flexibility index (Phi) is 7.98. The van der Waals surface area contributed by atoms with Gasteiger partial charge in [0.1, 0.15) is 5.60 Å². The molecular weight excluding hydrogens is 374 g/mol. The van der Waals surface area contributed by atoms with E-state index in [9.17, 15) is 9.59 Å². The number of hydrogen-bond acceptors (Lipinski definition) is 4. The minimum absolute atomic E-state index is 0.306. The van der Waals surface area contributed by atoms with Crippen molar-refractivity contribution in [1.82, 2.24) is 5.32 Å². The highest BCUT2D eigenvalue weighted by Gasteiger charge is 2.18. The van der Waals surface area contributed by atoms with Gasteiger partial charge in [-0.2, -0.15) is 0 Å². The molecule has 5 nitrogen and oxygen atoms in total. The van der Waals surface area contributed by atoms with E-state index in [2.05, 4.69) is 21.2 Å². The van der Waals surface area contributed by atoms with Crippen LogP contribution in [0, 0.1) is 0 Å². The van der Waals surface area contributed by atoms with E-state index in [1.807, 2.05) is 24.3 Å². The number of hydrogen-bond donors (Lipinski definition) is 1. The highest BCUT2D eigenvalue weighted by molar-refractivity contribution is 9.10. The van der Waals surface area contributed by atoms with Crippen molar-refractivity contribution in [3.8, 4) is 0 Å². The third-order valence-electron chi connectivity index (χ3n) is 2.82. The Hall–Kier alpha value is -1.82. The van der Waals surface area contributed by atoms with Crippen LogP contribution in [0.4, 0.5) is 4.79 Å². The lowest BCUT2D eigenvalue weighted by Gasteiger charge is -2.22. The van der Waals surface area contributed by atoms with Crippen molar-refractivity contribution in [2.45, 2.75) is 45.8 Å². The predicted molar refractivity (Wildman–Crippen MR) is 96.8 cm³/mol. The second-order valence-electron chi connectivity index (χ2n) is 6.19. The fourth-order valence-electron chi connectivity index (χ4n) is 1.89. The van der Waals surface area contributed by atoms with Crippen LogP contribution in [0.1, 0.15) is 33.3 Å². The summed E-state index contributed by atoms with van der Waals surface area (Å²) in [7, 11) is 0. The normalized spacial score (nSPS) is 12.7. The van der Waals surface area contributed by atoms with E-state index in [0.29, 0.717) is 13.0 Å². The summed E-state index contributed by atoms with van der Waals surface area (Å²) >= 11 is 3.39. The molecule has 1 amide bonds. The molecule has 0 fully saturated rings. The Morgan fingerprint density at radius 3 is 2.42 bits per heavy atom. The van der Waals surface area contributed by atoms with Crippen LogP contribution in [0.5, 0.6) is 0 Å². The second kappa shape index (κ2) is 9.47. The fourth-order valence-corrected chi connectivity index (χ4v) is 2.15. The molecule has 0 saturated heterocycles. The maximum atomic E-state index is 12.0. The molecule has 132 valence electrons. The van der Waals surface area contributed by atoms with E-state index in [0.717, 1.165) is 10.0 Å². The Morgan fingerprint density at radius 2 is 1.88 bits per heavy atom. The lowest BCUT2D eigenvalue weighted by Crippen LogP contribution is -2.39. The van der Waals surface area contributed by atoms with Crippen LogP contribution in [0.2, 0.25) is 0 Å². The summed E-state index contributed by atoms with van der Waals surface area (Å²) in [5, 5.41) is 2.77. The summed E-state index contributed by atoms with van der Waals surface area (Å²) in [6.07, 6.45) is 2.94. The number of rotatable bonds is 6. The van der Waals surface area contributed by atoms with E-state index in [4.69, 9.17) is 9.47 Å². The summed E-state index contributed by atoms with van der Waals surface area (Å²) in [5.74, 6) is -0.440. The molecule has 1 rings (SSSR count). The average molecular weight is 398 g/mol. The Bertz CT molecular complexity index is 576. The van der Waals surface area contributed by atoms with Crippen molar-refractivity contribution >= 4 is 28.0 Å². The Morgan fingerprint density at radius 1 is 1.25 bits per heavy atom. The molecule has 0 aliphatic rings. The van der Waals surface area contributed by atoms with Crippen molar-refractivity contribution in [2.75, 3.05) is 6.61 Å². The van der Waals surface area contributed by atoms with E-state index in [1.54, 1.807) is 33.8 Å². The van der Waals surface area contributed by atoms with Gasteiger partial charge in [-0.15, -0.1) is 0 Å². The maximum absolute atomic E-state index is 12.0. The first-order valence-corrected chi connectivity index (χ1v) is 8.58.